The molecule has 2 aliphatic rings. The van der Waals surface area contributed by atoms with Crippen molar-refractivity contribution in [1.29, 1.82) is 0 Å². The first-order chi connectivity index (χ1) is 13.6. The highest BCUT2D eigenvalue weighted by Gasteiger charge is 2.27. The second kappa shape index (κ2) is 8.80. The summed E-state index contributed by atoms with van der Waals surface area (Å²) in [5.41, 5.74) is 3.13. The Labute approximate surface area is 171 Å². The van der Waals surface area contributed by atoms with Gasteiger partial charge < -0.3 is 14.2 Å². The van der Waals surface area contributed by atoms with Crippen LogP contribution in [0.2, 0.25) is 0 Å². The molecule has 2 aromatic rings. The van der Waals surface area contributed by atoms with Crippen LogP contribution >= 0.6 is 11.3 Å². The van der Waals surface area contributed by atoms with Gasteiger partial charge >= 0.3 is 0 Å². The van der Waals surface area contributed by atoms with E-state index in [-0.39, 0.29) is 5.91 Å². The molecule has 0 aliphatic carbocycles. The van der Waals surface area contributed by atoms with Crippen LogP contribution in [0, 0.1) is 19.8 Å². The Morgan fingerprint density at radius 2 is 1.93 bits per heavy atom. The van der Waals surface area contributed by atoms with Crippen molar-refractivity contribution in [1.82, 2.24) is 14.4 Å². The Morgan fingerprint density at radius 3 is 2.61 bits per heavy atom. The predicted octanol–water partition coefficient (Wildman–Crippen LogP) is 3.40. The smallest absolute Gasteiger partial charge is 0.255 e. The molecule has 0 spiro atoms. The highest BCUT2D eigenvalue weighted by molar-refractivity contribution is 7.09. The third kappa shape index (κ3) is 4.34. The number of nitrogens with zero attached hydrogens (tertiary/aromatic N) is 3. The molecule has 2 aromatic heterocycles. The second-order valence-electron chi connectivity index (χ2n) is 8.10. The summed E-state index contributed by atoms with van der Waals surface area (Å²) in [7, 11) is 0. The molecular formula is C22H31N3O2S. The maximum Gasteiger partial charge on any atom is 0.255 e. The van der Waals surface area contributed by atoms with E-state index in [1.165, 1.54) is 4.88 Å². The molecule has 4 heterocycles. The van der Waals surface area contributed by atoms with E-state index >= 15 is 0 Å². The molecule has 152 valence electrons. The number of hydrogen-bond acceptors (Lipinski definition) is 4. The molecule has 0 saturated carbocycles. The summed E-state index contributed by atoms with van der Waals surface area (Å²) in [4.78, 5) is 19.1. The number of piperidine rings is 1. The van der Waals surface area contributed by atoms with Gasteiger partial charge in [0.2, 0.25) is 0 Å². The predicted molar refractivity (Wildman–Crippen MR) is 113 cm³/mol. The largest absolute Gasteiger partial charge is 0.379 e. The molecule has 0 unspecified atom stereocenters. The number of aromatic nitrogens is 1. The van der Waals surface area contributed by atoms with Crippen LogP contribution in [0.5, 0.6) is 0 Å². The summed E-state index contributed by atoms with van der Waals surface area (Å²) in [6.07, 6.45) is 2.22. The lowest BCUT2D eigenvalue weighted by atomic mass is 9.95. The third-order valence-electron chi connectivity index (χ3n) is 6.22. The molecule has 0 radical (unpaired) electrons. The van der Waals surface area contributed by atoms with Crippen LogP contribution in [0.1, 0.15) is 39.5 Å². The zero-order valence-corrected chi connectivity index (χ0v) is 17.8. The van der Waals surface area contributed by atoms with Gasteiger partial charge in [-0.2, -0.15) is 0 Å². The first-order valence-electron chi connectivity index (χ1n) is 10.4. The normalized spacial score (nSPS) is 19.3. The molecule has 1 amide bonds. The third-order valence-corrected chi connectivity index (χ3v) is 7.08. The highest BCUT2D eigenvalue weighted by Crippen LogP contribution is 2.24. The summed E-state index contributed by atoms with van der Waals surface area (Å²) in [5.74, 6) is 0.906. The molecule has 0 N–H and O–H groups in total. The van der Waals surface area contributed by atoms with Crippen LogP contribution in [0.15, 0.2) is 23.6 Å². The van der Waals surface area contributed by atoms with Crippen LogP contribution in [0.4, 0.5) is 0 Å². The molecule has 4 rings (SSSR count). The average Bonchev–Trinajstić information content (AvgIpc) is 3.33. The van der Waals surface area contributed by atoms with Gasteiger partial charge in [0.25, 0.3) is 5.91 Å². The Bertz CT molecular complexity index is 785. The lowest BCUT2D eigenvalue weighted by Gasteiger charge is -2.36. The van der Waals surface area contributed by atoms with Crippen molar-refractivity contribution < 1.29 is 9.53 Å². The first-order valence-corrected chi connectivity index (χ1v) is 11.3. The van der Waals surface area contributed by atoms with E-state index in [4.69, 9.17) is 4.74 Å². The molecule has 28 heavy (non-hydrogen) atoms. The van der Waals surface area contributed by atoms with E-state index in [9.17, 15) is 4.79 Å². The minimum atomic E-state index is 0.204. The topological polar surface area (TPSA) is 37.7 Å². The van der Waals surface area contributed by atoms with Crippen LogP contribution < -0.4 is 0 Å². The summed E-state index contributed by atoms with van der Waals surface area (Å²) < 4.78 is 7.71. The molecule has 6 heteroatoms. The summed E-state index contributed by atoms with van der Waals surface area (Å²) >= 11 is 1.77. The molecule has 5 nitrogen and oxygen atoms in total. The van der Waals surface area contributed by atoms with Gasteiger partial charge in [-0.1, -0.05) is 6.07 Å². The van der Waals surface area contributed by atoms with E-state index in [1.54, 1.807) is 11.3 Å². The van der Waals surface area contributed by atoms with Gasteiger partial charge in [0, 0.05) is 49.0 Å². The fourth-order valence-electron chi connectivity index (χ4n) is 4.46. The lowest BCUT2D eigenvalue weighted by Crippen LogP contribution is -2.44. The first kappa shape index (κ1) is 19.7. The number of likely N-dealkylation sites (tertiary alicyclic amines) is 1. The molecule has 2 aliphatic heterocycles. The van der Waals surface area contributed by atoms with Crippen molar-refractivity contribution in [2.24, 2.45) is 5.92 Å². The van der Waals surface area contributed by atoms with Crippen molar-refractivity contribution >= 4 is 17.2 Å². The van der Waals surface area contributed by atoms with E-state index in [2.05, 4.69) is 51.8 Å². The van der Waals surface area contributed by atoms with E-state index in [0.29, 0.717) is 5.92 Å². The van der Waals surface area contributed by atoms with Crippen LogP contribution in [0.3, 0.4) is 0 Å². The highest BCUT2D eigenvalue weighted by atomic mass is 32.1. The minimum Gasteiger partial charge on any atom is -0.379 e. The SMILES string of the molecule is Cc1cc(C(=O)N2CCC(CN3CCOCC3)CC2)c(C)n1Cc1cccs1. The van der Waals surface area contributed by atoms with Crippen LogP contribution in [-0.2, 0) is 11.3 Å². The maximum absolute atomic E-state index is 13.2. The Balaban J connectivity index is 1.36. The number of carbonyl (C=O) groups is 1. The number of thiophene rings is 1. The Hall–Kier alpha value is -1.63. The van der Waals surface area contributed by atoms with Crippen molar-refractivity contribution in [2.75, 3.05) is 45.9 Å². The number of ether oxygens (including phenoxy) is 1. The van der Waals surface area contributed by atoms with Gasteiger partial charge in [-0.15, -0.1) is 11.3 Å². The number of rotatable bonds is 5. The summed E-state index contributed by atoms with van der Waals surface area (Å²) in [5, 5.41) is 2.11. The van der Waals surface area contributed by atoms with Crippen LogP contribution in [0.25, 0.3) is 0 Å². The molecular weight excluding hydrogens is 370 g/mol. The van der Waals surface area contributed by atoms with Gasteiger partial charge in [0.15, 0.2) is 0 Å². The molecule has 0 bridgehead atoms. The quantitative estimate of drug-likeness (QED) is 0.771. The summed E-state index contributed by atoms with van der Waals surface area (Å²) in [6.45, 7) is 11.8. The Morgan fingerprint density at radius 1 is 1.18 bits per heavy atom. The fraction of sp³-hybridized carbons (Fsp3) is 0.591. The zero-order valence-electron chi connectivity index (χ0n) is 17.0. The number of morpholine rings is 1. The van der Waals surface area contributed by atoms with Crippen LogP contribution in [-0.4, -0.2) is 66.2 Å². The van der Waals surface area contributed by atoms with Gasteiger partial charge in [-0.05, 0) is 50.1 Å². The molecule has 0 aromatic carbocycles. The summed E-state index contributed by atoms with van der Waals surface area (Å²) in [6, 6.07) is 6.32. The lowest BCUT2D eigenvalue weighted by molar-refractivity contribution is 0.0243. The van der Waals surface area contributed by atoms with Gasteiger partial charge in [0.05, 0.1) is 25.3 Å². The molecule has 2 fully saturated rings. The number of hydrogen-bond donors (Lipinski definition) is 0. The number of amides is 1. The van der Waals surface area contributed by atoms with Gasteiger partial charge in [-0.3, -0.25) is 9.69 Å². The van der Waals surface area contributed by atoms with Gasteiger partial charge in [-0.25, -0.2) is 0 Å². The number of carbonyl (C=O) groups excluding carboxylic acids is 1. The number of aryl methyl sites for hydroxylation is 1. The van der Waals surface area contributed by atoms with E-state index in [0.717, 1.165) is 82.3 Å². The average molecular weight is 402 g/mol. The van der Waals surface area contributed by atoms with E-state index in [1.807, 2.05) is 0 Å². The van der Waals surface area contributed by atoms with Gasteiger partial charge in [0.1, 0.15) is 0 Å². The molecule has 2 saturated heterocycles. The van der Waals surface area contributed by atoms with Crippen molar-refractivity contribution in [3.05, 3.63) is 45.4 Å². The standard InChI is InChI=1S/C22H31N3O2S/c1-17-14-21(18(2)25(17)16-20-4-3-13-28-20)22(26)24-7-5-19(6-8-24)15-23-9-11-27-12-10-23/h3-4,13-14,19H,5-12,15-16H2,1-2H3. The van der Waals surface area contributed by atoms with Crippen molar-refractivity contribution in [2.45, 2.75) is 33.2 Å². The fourth-order valence-corrected chi connectivity index (χ4v) is 5.15. The van der Waals surface area contributed by atoms with Crippen molar-refractivity contribution in [3.63, 3.8) is 0 Å². The Kier molecular flexibility index (Phi) is 6.19. The monoisotopic (exact) mass is 401 g/mol. The van der Waals surface area contributed by atoms with E-state index < -0.39 is 0 Å². The molecule has 0 atom stereocenters. The minimum absolute atomic E-state index is 0.204. The maximum atomic E-state index is 13.2. The second-order valence-corrected chi connectivity index (χ2v) is 9.13. The van der Waals surface area contributed by atoms with Crippen molar-refractivity contribution in [3.8, 4) is 0 Å². The zero-order chi connectivity index (χ0) is 19.5.